The maximum Gasteiger partial charge on any atom is 0.264 e. The lowest BCUT2D eigenvalue weighted by Gasteiger charge is -2.08. The molecule has 136 valence electrons. The molecule has 25 heavy (non-hydrogen) atoms. The predicted octanol–water partition coefficient (Wildman–Crippen LogP) is 1.72. The zero-order chi connectivity index (χ0) is 18.4. The van der Waals surface area contributed by atoms with Crippen molar-refractivity contribution >= 4 is 39.3 Å². The highest BCUT2D eigenvalue weighted by molar-refractivity contribution is 8.00. The predicted molar refractivity (Wildman–Crippen MR) is 98.2 cm³/mol. The van der Waals surface area contributed by atoms with E-state index in [0.717, 1.165) is 0 Å². The van der Waals surface area contributed by atoms with E-state index in [2.05, 4.69) is 15.2 Å². The van der Waals surface area contributed by atoms with Gasteiger partial charge >= 0.3 is 0 Å². The first-order valence-corrected chi connectivity index (χ1v) is 10.1. The van der Waals surface area contributed by atoms with E-state index in [1.165, 1.54) is 36.0 Å². The maximum absolute atomic E-state index is 12.4. The quantitative estimate of drug-likeness (QED) is 0.591. The Morgan fingerprint density at radius 2 is 1.96 bits per heavy atom. The molecule has 10 heteroatoms. The van der Waals surface area contributed by atoms with Gasteiger partial charge in [0.05, 0.1) is 16.3 Å². The van der Waals surface area contributed by atoms with Crippen molar-refractivity contribution < 1.29 is 17.7 Å². The molecule has 8 nitrogen and oxygen atoms in total. The number of carbonyl (C=O) groups excluding carboxylic acids is 1. The lowest BCUT2D eigenvalue weighted by molar-refractivity contribution is -0.113. The topological polar surface area (TPSA) is 127 Å². The van der Waals surface area contributed by atoms with E-state index in [0.29, 0.717) is 35.0 Å². The first-order chi connectivity index (χ1) is 11.8. The fraction of sp³-hybridized carbons (Fsp3) is 0.333. The van der Waals surface area contributed by atoms with E-state index in [9.17, 15) is 13.2 Å². The fourth-order valence-electron chi connectivity index (χ4n) is 1.85. The van der Waals surface area contributed by atoms with Crippen LogP contribution in [0, 0.1) is 13.8 Å². The van der Waals surface area contributed by atoms with Gasteiger partial charge in [-0.05, 0) is 38.1 Å². The number of nitrogens with zero attached hydrogens (tertiary/aromatic N) is 1. The summed E-state index contributed by atoms with van der Waals surface area (Å²) < 4.78 is 32.1. The molecule has 4 N–H and O–H groups in total. The van der Waals surface area contributed by atoms with Gasteiger partial charge in [-0.3, -0.25) is 4.79 Å². The Morgan fingerprint density at radius 1 is 1.28 bits per heavy atom. The van der Waals surface area contributed by atoms with Crippen molar-refractivity contribution in [2.45, 2.75) is 18.7 Å². The molecular weight excluding hydrogens is 364 g/mol. The largest absolute Gasteiger partial charge is 0.337 e. The molecular formula is C15H20N4O4S2. The van der Waals surface area contributed by atoms with E-state index in [4.69, 9.17) is 10.3 Å². The van der Waals surface area contributed by atoms with Crippen LogP contribution >= 0.6 is 11.8 Å². The van der Waals surface area contributed by atoms with Crippen LogP contribution in [0.5, 0.6) is 0 Å². The first kappa shape index (κ1) is 19.3. The molecule has 0 saturated carbocycles. The van der Waals surface area contributed by atoms with Crippen LogP contribution in [0.3, 0.4) is 0 Å². The second-order valence-corrected chi connectivity index (χ2v) is 8.03. The molecule has 0 saturated heterocycles. The van der Waals surface area contributed by atoms with Crippen LogP contribution in [0.15, 0.2) is 33.7 Å². The minimum atomic E-state index is -3.80. The Bertz CT molecular complexity index is 832. The van der Waals surface area contributed by atoms with Crippen molar-refractivity contribution in [3.05, 3.63) is 35.5 Å². The van der Waals surface area contributed by atoms with Crippen LogP contribution in [0.1, 0.15) is 11.3 Å². The highest BCUT2D eigenvalue weighted by Crippen LogP contribution is 2.22. The van der Waals surface area contributed by atoms with E-state index in [1.807, 2.05) is 0 Å². The molecule has 1 aromatic carbocycles. The molecule has 1 aromatic heterocycles. The van der Waals surface area contributed by atoms with E-state index in [1.54, 1.807) is 13.8 Å². The molecule has 0 bridgehead atoms. The Hall–Kier alpha value is -2.04. The lowest BCUT2D eigenvalue weighted by atomic mass is 10.3. The molecule has 2 aromatic rings. The van der Waals surface area contributed by atoms with Gasteiger partial charge in [0.15, 0.2) is 0 Å². The number of carbonyl (C=O) groups is 1. The number of anilines is 2. The van der Waals surface area contributed by atoms with Gasteiger partial charge in [-0.25, -0.2) is 13.1 Å². The number of nitrogens with one attached hydrogen (secondary N) is 2. The molecule has 2 rings (SSSR count). The highest BCUT2D eigenvalue weighted by atomic mass is 32.2. The summed E-state index contributed by atoms with van der Waals surface area (Å²) in [6.45, 7) is 3.95. The van der Waals surface area contributed by atoms with Gasteiger partial charge in [-0.2, -0.15) is 11.8 Å². The monoisotopic (exact) mass is 384 g/mol. The van der Waals surface area contributed by atoms with Crippen LogP contribution < -0.4 is 15.8 Å². The molecule has 0 aliphatic carbocycles. The number of aryl methyl sites for hydroxylation is 1. The van der Waals surface area contributed by atoms with Crippen LogP contribution in [0.25, 0.3) is 0 Å². The number of sulfonamides is 1. The highest BCUT2D eigenvalue weighted by Gasteiger charge is 2.19. The van der Waals surface area contributed by atoms with Gasteiger partial charge in [0.1, 0.15) is 0 Å². The smallest absolute Gasteiger partial charge is 0.264 e. The van der Waals surface area contributed by atoms with Gasteiger partial charge in [-0.1, -0.05) is 5.16 Å². The molecule has 0 radical (unpaired) electrons. The first-order valence-electron chi connectivity index (χ1n) is 7.47. The Morgan fingerprint density at radius 3 is 2.52 bits per heavy atom. The minimum absolute atomic E-state index is 0.0523. The van der Waals surface area contributed by atoms with Gasteiger partial charge in [0.25, 0.3) is 10.0 Å². The summed E-state index contributed by atoms with van der Waals surface area (Å²) in [6, 6.07) is 5.87. The van der Waals surface area contributed by atoms with Crippen molar-refractivity contribution in [1.82, 2.24) is 5.16 Å². The number of nitrogens with two attached hydrogens (primary N) is 1. The van der Waals surface area contributed by atoms with Crippen LogP contribution in [-0.4, -0.2) is 37.5 Å². The van der Waals surface area contributed by atoms with Gasteiger partial charge in [0.2, 0.25) is 11.8 Å². The Labute approximate surface area is 150 Å². The van der Waals surface area contributed by atoms with E-state index < -0.39 is 10.0 Å². The minimum Gasteiger partial charge on any atom is -0.337 e. The number of aromatic nitrogens is 1. The fourth-order valence-corrected chi connectivity index (χ4v) is 3.47. The molecule has 0 atom stereocenters. The van der Waals surface area contributed by atoms with Crippen molar-refractivity contribution in [3.63, 3.8) is 0 Å². The summed E-state index contributed by atoms with van der Waals surface area (Å²) in [5.41, 5.74) is 7.12. The maximum atomic E-state index is 12.4. The summed E-state index contributed by atoms with van der Waals surface area (Å²) in [6.07, 6.45) is 0. The SMILES string of the molecule is Cc1noc(NS(=O)(=O)c2ccc(NC(=O)CSCCN)cc2)c1C. The van der Waals surface area contributed by atoms with Crippen molar-refractivity contribution in [2.75, 3.05) is 28.1 Å². The van der Waals surface area contributed by atoms with Crippen molar-refractivity contribution in [1.29, 1.82) is 0 Å². The van der Waals surface area contributed by atoms with Crippen molar-refractivity contribution in [3.8, 4) is 0 Å². The third-order valence-electron chi connectivity index (χ3n) is 3.33. The molecule has 0 fully saturated rings. The summed E-state index contributed by atoms with van der Waals surface area (Å²) >= 11 is 1.43. The molecule has 1 amide bonds. The normalized spacial score (nSPS) is 11.3. The summed E-state index contributed by atoms with van der Waals surface area (Å²) in [7, 11) is -3.80. The Balaban J connectivity index is 2.03. The number of thioether (sulfide) groups is 1. The van der Waals surface area contributed by atoms with Gasteiger partial charge in [0, 0.05) is 23.5 Å². The molecule has 0 aliphatic heterocycles. The Kier molecular flexibility index (Phi) is 6.45. The second kappa shape index (κ2) is 8.37. The van der Waals surface area contributed by atoms with Crippen LogP contribution in [0.2, 0.25) is 0 Å². The lowest BCUT2D eigenvalue weighted by Crippen LogP contribution is -2.16. The van der Waals surface area contributed by atoms with Crippen LogP contribution in [-0.2, 0) is 14.8 Å². The van der Waals surface area contributed by atoms with Gasteiger partial charge < -0.3 is 15.6 Å². The summed E-state index contributed by atoms with van der Waals surface area (Å²) in [5.74, 6) is 0.923. The van der Waals surface area contributed by atoms with Crippen LogP contribution in [0.4, 0.5) is 11.6 Å². The number of rotatable bonds is 8. The average molecular weight is 384 g/mol. The third-order valence-corrected chi connectivity index (χ3v) is 5.67. The van der Waals surface area contributed by atoms with Crippen molar-refractivity contribution in [2.24, 2.45) is 5.73 Å². The zero-order valence-electron chi connectivity index (χ0n) is 13.9. The average Bonchev–Trinajstić information content (AvgIpc) is 2.87. The number of benzene rings is 1. The number of hydrogen-bond donors (Lipinski definition) is 3. The molecule has 0 spiro atoms. The summed E-state index contributed by atoms with van der Waals surface area (Å²) in [4.78, 5) is 11.8. The van der Waals surface area contributed by atoms with E-state index in [-0.39, 0.29) is 16.7 Å². The molecule has 1 heterocycles. The number of hydrogen-bond acceptors (Lipinski definition) is 7. The molecule has 0 aliphatic rings. The summed E-state index contributed by atoms with van der Waals surface area (Å²) in [5, 5.41) is 6.41. The van der Waals surface area contributed by atoms with Gasteiger partial charge in [-0.15, -0.1) is 0 Å². The van der Waals surface area contributed by atoms with E-state index >= 15 is 0 Å². The molecule has 0 unspecified atom stereocenters. The number of amides is 1. The standard InChI is InChI=1S/C15H20N4O4S2/c1-10-11(2)18-23-15(10)19-25(21,22)13-5-3-12(4-6-13)17-14(20)9-24-8-7-16/h3-6,19H,7-9,16H2,1-2H3,(H,17,20). The second-order valence-electron chi connectivity index (χ2n) is 5.24. The third kappa shape index (κ3) is 5.21. The zero-order valence-corrected chi connectivity index (χ0v) is 15.5.